The molecule has 2 aromatic rings. The van der Waals surface area contributed by atoms with Gasteiger partial charge in [-0.25, -0.2) is 0 Å². The van der Waals surface area contributed by atoms with Crippen LogP contribution < -0.4 is 14.8 Å². The minimum absolute atomic E-state index is 0.225. The van der Waals surface area contributed by atoms with Crippen LogP contribution in [0.4, 0.5) is 0 Å². The van der Waals surface area contributed by atoms with Crippen LogP contribution in [0.1, 0.15) is 16.8 Å². The summed E-state index contributed by atoms with van der Waals surface area (Å²) in [6, 6.07) is 16.0. The van der Waals surface area contributed by atoms with Crippen molar-refractivity contribution in [2.75, 3.05) is 21.2 Å². The van der Waals surface area contributed by atoms with Gasteiger partial charge in [-0.05, 0) is 38.4 Å². The summed E-state index contributed by atoms with van der Waals surface area (Å²) in [5.41, 5.74) is 0.472. The third-order valence-corrected chi connectivity index (χ3v) is 4.92. The third-order valence-electron chi connectivity index (χ3n) is 4.92. The third kappa shape index (κ3) is 4.23. The van der Waals surface area contributed by atoms with Crippen LogP contribution in [0.25, 0.3) is 0 Å². The van der Waals surface area contributed by atoms with Crippen LogP contribution in [0.5, 0.6) is 11.5 Å². The van der Waals surface area contributed by atoms with Crippen LogP contribution in [0, 0.1) is 0 Å². The topological polar surface area (TPSA) is 71.0 Å². The summed E-state index contributed by atoms with van der Waals surface area (Å²) in [5, 5.41) is 13.8. The van der Waals surface area contributed by atoms with E-state index < -0.39 is 12.2 Å². The molecule has 3 rings (SSSR count). The second-order valence-corrected chi connectivity index (χ2v) is 6.93. The molecule has 0 saturated heterocycles. The minimum atomic E-state index is -0.719. The molecule has 1 amide bonds. The van der Waals surface area contributed by atoms with E-state index in [0.717, 1.165) is 0 Å². The van der Waals surface area contributed by atoms with Crippen molar-refractivity contribution in [1.82, 2.24) is 10.2 Å². The van der Waals surface area contributed by atoms with E-state index in [1.165, 1.54) is 7.11 Å². The van der Waals surface area contributed by atoms with Crippen LogP contribution in [-0.2, 0) is 0 Å². The highest BCUT2D eigenvalue weighted by Gasteiger charge is 2.45. The Morgan fingerprint density at radius 3 is 2.44 bits per heavy atom. The van der Waals surface area contributed by atoms with Gasteiger partial charge in [0.15, 0.2) is 0 Å². The van der Waals surface area contributed by atoms with Gasteiger partial charge < -0.3 is 24.8 Å². The number of hydrogen-bond donors (Lipinski definition) is 2. The number of benzene rings is 2. The number of nitrogens with zero attached hydrogens (tertiary/aromatic N) is 1. The summed E-state index contributed by atoms with van der Waals surface area (Å²) in [6.07, 6.45) is -0.606. The number of para-hydroxylation sites is 2. The zero-order chi connectivity index (χ0) is 19.4. The molecule has 4 atom stereocenters. The average molecular weight is 370 g/mol. The van der Waals surface area contributed by atoms with E-state index in [0.29, 0.717) is 23.5 Å². The largest absolute Gasteiger partial charge is 0.496 e. The predicted octanol–water partition coefficient (Wildman–Crippen LogP) is 1.94. The molecule has 0 bridgehead atoms. The molecule has 0 aromatic heterocycles. The SMILES string of the molecule is COc1ccccc1C(=O)N[C@@H]1C[C@@H](Oc2ccccc2)[C@H](O)[C@H]1N(C)C. The van der Waals surface area contributed by atoms with E-state index >= 15 is 0 Å². The van der Waals surface area contributed by atoms with E-state index in [9.17, 15) is 9.90 Å². The zero-order valence-corrected chi connectivity index (χ0v) is 15.8. The molecule has 0 unspecified atom stereocenters. The lowest BCUT2D eigenvalue weighted by Gasteiger charge is -2.29. The Bertz CT molecular complexity index is 766. The Morgan fingerprint density at radius 1 is 1.11 bits per heavy atom. The van der Waals surface area contributed by atoms with Gasteiger partial charge in [0.2, 0.25) is 0 Å². The van der Waals surface area contributed by atoms with Crippen LogP contribution >= 0.6 is 0 Å². The number of carbonyl (C=O) groups excluding carboxylic acids is 1. The zero-order valence-electron chi connectivity index (χ0n) is 15.8. The molecule has 0 radical (unpaired) electrons. The van der Waals surface area contributed by atoms with Crippen LogP contribution in [0.3, 0.4) is 0 Å². The Morgan fingerprint density at radius 2 is 1.78 bits per heavy atom. The van der Waals surface area contributed by atoms with E-state index in [1.54, 1.807) is 18.2 Å². The molecule has 6 heteroatoms. The molecule has 2 aromatic carbocycles. The van der Waals surface area contributed by atoms with Crippen molar-refractivity contribution in [3.8, 4) is 11.5 Å². The first-order valence-corrected chi connectivity index (χ1v) is 9.01. The number of methoxy groups -OCH3 is 1. The molecule has 6 nitrogen and oxygen atoms in total. The van der Waals surface area contributed by atoms with Crippen molar-refractivity contribution in [2.45, 2.75) is 30.7 Å². The Hall–Kier alpha value is -2.57. The number of carbonyl (C=O) groups is 1. The fourth-order valence-electron chi connectivity index (χ4n) is 3.67. The highest BCUT2D eigenvalue weighted by atomic mass is 16.5. The number of ether oxygens (including phenoxy) is 2. The van der Waals surface area contributed by atoms with Gasteiger partial charge in [0.25, 0.3) is 5.91 Å². The number of hydrogen-bond acceptors (Lipinski definition) is 5. The van der Waals surface area contributed by atoms with Crippen molar-refractivity contribution in [3.63, 3.8) is 0 Å². The summed E-state index contributed by atoms with van der Waals surface area (Å²) in [4.78, 5) is 14.7. The summed E-state index contributed by atoms with van der Waals surface area (Å²) in [6.45, 7) is 0. The van der Waals surface area contributed by atoms with E-state index in [-0.39, 0.29) is 18.0 Å². The van der Waals surface area contributed by atoms with Gasteiger partial charge in [-0.15, -0.1) is 0 Å². The molecule has 0 spiro atoms. The Kier molecular flexibility index (Phi) is 5.98. The first-order chi connectivity index (χ1) is 13.0. The number of rotatable bonds is 6. The maximum absolute atomic E-state index is 12.8. The highest BCUT2D eigenvalue weighted by Crippen LogP contribution is 2.29. The van der Waals surface area contributed by atoms with Crippen molar-refractivity contribution in [3.05, 3.63) is 60.2 Å². The molecule has 0 aliphatic heterocycles. The minimum Gasteiger partial charge on any atom is -0.496 e. The van der Waals surface area contributed by atoms with Crippen LogP contribution in [-0.4, -0.2) is 61.4 Å². The van der Waals surface area contributed by atoms with Gasteiger partial charge in [0.05, 0.1) is 24.8 Å². The first kappa shape index (κ1) is 19.2. The van der Waals surface area contributed by atoms with E-state index in [4.69, 9.17) is 9.47 Å². The van der Waals surface area contributed by atoms with Crippen molar-refractivity contribution in [2.24, 2.45) is 0 Å². The normalized spacial score (nSPS) is 24.6. The molecule has 1 aliphatic rings. The van der Waals surface area contributed by atoms with Gasteiger partial charge >= 0.3 is 0 Å². The van der Waals surface area contributed by atoms with Crippen LogP contribution in [0.2, 0.25) is 0 Å². The smallest absolute Gasteiger partial charge is 0.255 e. The standard InChI is InChI=1S/C21H26N2O4/c1-23(2)19-16(22-21(25)15-11-7-8-12-17(15)26-3)13-18(20(19)24)27-14-9-5-4-6-10-14/h4-12,16,18-20,24H,13H2,1-3H3,(H,22,25)/t16-,18-,19+,20+/m1/s1. The molecule has 144 valence electrons. The second-order valence-electron chi connectivity index (χ2n) is 6.93. The number of likely N-dealkylation sites (N-methyl/N-ethyl adjacent to an activating group) is 1. The highest BCUT2D eigenvalue weighted by molar-refractivity contribution is 5.97. The van der Waals surface area contributed by atoms with Gasteiger partial charge in [-0.3, -0.25) is 4.79 Å². The monoisotopic (exact) mass is 370 g/mol. The van der Waals surface area contributed by atoms with E-state index in [1.807, 2.05) is 55.4 Å². The van der Waals surface area contributed by atoms with Crippen molar-refractivity contribution < 1.29 is 19.4 Å². The lowest BCUT2D eigenvalue weighted by molar-refractivity contribution is 0.0210. The maximum atomic E-state index is 12.8. The van der Waals surface area contributed by atoms with Gasteiger partial charge in [-0.1, -0.05) is 30.3 Å². The summed E-state index contributed by atoms with van der Waals surface area (Å²) >= 11 is 0. The maximum Gasteiger partial charge on any atom is 0.255 e. The molecule has 1 fully saturated rings. The summed E-state index contributed by atoms with van der Waals surface area (Å²) in [5.74, 6) is 1.000. The number of nitrogens with one attached hydrogen (secondary N) is 1. The quantitative estimate of drug-likeness (QED) is 0.813. The van der Waals surface area contributed by atoms with Crippen molar-refractivity contribution >= 4 is 5.91 Å². The second kappa shape index (κ2) is 8.41. The lowest BCUT2D eigenvalue weighted by Crippen LogP contribution is -2.50. The first-order valence-electron chi connectivity index (χ1n) is 9.01. The van der Waals surface area contributed by atoms with Gasteiger partial charge in [0.1, 0.15) is 23.7 Å². The van der Waals surface area contributed by atoms with Gasteiger partial charge in [0, 0.05) is 6.42 Å². The Labute approximate surface area is 159 Å². The number of aliphatic hydroxyl groups is 1. The molecule has 1 saturated carbocycles. The fourth-order valence-corrected chi connectivity index (χ4v) is 3.67. The molecule has 27 heavy (non-hydrogen) atoms. The van der Waals surface area contributed by atoms with Gasteiger partial charge in [-0.2, -0.15) is 0 Å². The average Bonchev–Trinajstić information content (AvgIpc) is 2.97. The molecule has 0 heterocycles. The molecular formula is C21H26N2O4. The predicted molar refractivity (Wildman–Crippen MR) is 103 cm³/mol. The lowest BCUT2D eigenvalue weighted by atomic mass is 10.1. The molecular weight excluding hydrogens is 344 g/mol. The van der Waals surface area contributed by atoms with Crippen LogP contribution in [0.15, 0.2) is 54.6 Å². The number of amides is 1. The summed E-state index contributed by atoms with van der Waals surface area (Å²) in [7, 11) is 5.32. The van der Waals surface area contributed by atoms with E-state index in [2.05, 4.69) is 5.32 Å². The number of aliphatic hydroxyl groups excluding tert-OH is 1. The molecule has 1 aliphatic carbocycles. The Balaban J connectivity index is 1.76. The summed E-state index contributed by atoms with van der Waals surface area (Å²) < 4.78 is 11.3. The van der Waals surface area contributed by atoms with Crippen molar-refractivity contribution in [1.29, 1.82) is 0 Å². The molecule has 2 N–H and O–H groups in total. The fraction of sp³-hybridized carbons (Fsp3) is 0.381.